The maximum atomic E-state index is 9.19. The third-order valence-corrected chi connectivity index (χ3v) is 3.47. The van der Waals surface area contributed by atoms with Gasteiger partial charge >= 0.3 is 0 Å². The molecular weight excluding hydrogens is 264 g/mol. The zero-order chi connectivity index (χ0) is 15.0. The van der Waals surface area contributed by atoms with Crippen LogP contribution in [0.2, 0.25) is 0 Å². The first kappa shape index (κ1) is 13.0. The molecule has 1 aromatic carbocycles. The minimum absolute atomic E-state index is 0.461. The lowest BCUT2D eigenvalue weighted by molar-refractivity contribution is 0.413. The number of ether oxygens (including phenoxy) is 1. The molecule has 3 rings (SSSR count). The first-order chi connectivity index (χ1) is 10.2. The highest BCUT2D eigenvalue weighted by Gasteiger charge is 2.14. The number of imidazole rings is 1. The van der Waals surface area contributed by atoms with Crippen LogP contribution in [0.5, 0.6) is 5.75 Å². The van der Waals surface area contributed by atoms with Crippen LogP contribution in [0.25, 0.3) is 16.9 Å². The Balaban J connectivity index is 2.24. The van der Waals surface area contributed by atoms with Crippen molar-refractivity contribution in [2.75, 3.05) is 12.8 Å². The van der Waals surface area contributed by atoms with Gasteiger partial charge in [-0.05, 0) is 37.3 Å². The second-order valence-corrected chi connectivity index (χ2v) is 4.73. The van der Waals surface area contributed by atoms with Gasteiger partial charge in [0.15, 0.2) is 0 Å². The van der Waals surface area contributed by atoms with Crippen molar-refractivity contribution in [3.05, 3.63) is 47.7 Å². The third kappa shape index (κ3) is 1.98. The van der Waals surface area contributed by atoms with Crippen molar-refractivity contribution in [3.8, 4) is 23.1 Å². The summed E-state index contributed by atoms with van der Waals surface area (Å²) in [4.78, 5) is 4.56. The van der Waals surface area contributed by atoms with Crippen molar-refractivity contribution in [1.82, 2.24) is 9.38 Å². The second kappa shape index (κ2) is 4.84. The number of aryl methyl sites for hydroxylation is 1. The Morgan fingerprint density at radius 1 is 1.29 bits per heavy atom. The van der Waals surface area contributed by atoms with E-state index in [2.05, 4.69) is 11.1 Å². The predicted octanol–water partition coefficient (Wildman–Crippen LogP) is 2.77. The number of pyridine rings is 1. The van der Waals surface area contributed by atoms with Crippen LogP contribution in [0.1, 0.15) is 11.3 Å². The molecule has 0 amide bonds. The largest absolute Gasteiger partial charge is 0.495 e. The zero-order valence-electron chi connectivity index (χ0n) is 11.8. The Morgan fingerprint density at radius 2 is 2.10 bits per heavy atom. The molecule has 0 saturated heterocycles. The molecule has 21 heavy (non-hydrogen) atoms. The highest BCUT2D eigenvalue weighted by atomic mass is 16.5. The van der Waals surface area contributed by atoms with Crippen LogP contribution in [-0.4, -0.2) is 16.5 Å². The standard InChI is InChI=1S/C16H14N4O/c1-10-4-3-5-14-19-15(16(18)20(10)14)11-6-7-13(21-2)12(8-11)9-17/h3-8H,18H2,1-2H3. The first-order valence-electron chi connectivity index (χ1n) is 6.47. The fourth-order valence-corrected chi connectivity index (χ4v) is 2.44. The zero-order valence-corrected chi connectivity index (χ0v) is 11.8. The van der Waals surface area contributed by atoms with E-state index in [1.807, 2.05) is 35.6 Å². The number of aromatic nitrogens is 2. The maximum absolute atomic E-state index is 9.19. The lowest BCUT2D eigenvalue weighted by atomic mass is 10.1. The summed E-state index contributed by atoms with van der Waals surface area (Å²) < 4.78 is 7.05. The molecule has 5 nitrogen and oxygen atoms in total. The molecule has 2 heterocycles. The Hall–Kier alpha value is -3.00. The van der Waals surface area contributed by atoms with E-state index in [0.29, 0.717) is 22.8 Å². The van der Waals surface area contributed by atoms with E-state index in [0.717, 1.165) is 16.9 Å². The van der Waals surface area contributed by atoms with Crippen molar-refractivity contribution in [1.29, 1.82) is 5.26 Å². The summed E-state index contributed by atoms with van der Waals surface area (Å²) >= 11 is 0. The number of rotatable bonds is 2. The number of nitrogen functional groups attached to an aromatic ring is 1. The highest BCUT2D eigenvalue weighted by molar-refractivity contribution is 5.76. The number of hydrogen-bond donors (Lipinski definition) is 1. The molecule has 0 bridgehead atoms. The van der Waals surface area contributed by atoms with Crippen LogP contribution < -0.4 is 10.5 Å². The Morgan fingerprint density at radius 3 is 2.76 bits per heavy atom. The van der Waals surface area contributed by atoms with Gasteiger partial charge in [0, 0.05) is 11.3 Å². The van der Waals surface area contributed by atoms with Gasteiger partial charge in [-0.25, -0.2) is 4.98 Å². The average molecular weight is 278 g/mol. The van der Waals surface area contributed by atoms with Gasteiger partial charge in [-0.1, -0.05) is 6.07 Å². The Bertz CT molecular complexity index is 874. The summed E-state index contributed by atoms with van der Waals surface area (Å²) in [6.07, 6.45) is 0. The molecule has 0 aliphatic rings. The van der Waals surface area contributed by atoms with Crippen LogP contribution in [0.15, 0.2) is 36.4 Å². The molecule has 0 fully saturated rings. The van der Waals surface area contributed by atoms with Crippen LogP contribution in [0.3, 0.4) is 0 Å². The molecule has 0 atom stereocenters. The number of benzene rings is 1. The average Bonchev–Trinajstić information content (AvgIpc) is 2.85. The van der Waals surface area contributed by atoms with Crippen molar-refractivity contribution in [2.45, 2.75) is 6.92 Å². The van der Waals surface area contributed by atoms with Crippen LogP contribution in [-0.2, 0) is 0 Å². The number of hydrogen-bond acceptors (Lipinski definition) is 4. The van der Waals surface area contributed by atoms with Gasteiger partial charge in [0.1, 0.15) is 29.0 Å². The third-order valence-electron chi connectivity index (χ3n) is 3.47. The van der Waals surface area contributed by atoms with E-state index < -0.39 is 0 Å². The van der Waals surface area contributed by atoms with Crippen LogP contribution in [0, 0.1) is 18.3 Å². The number of anilines is 1. The minimum Gasteiger partial charge on any atom is -0.495 e. The van der Waals surface area contributed by atoms with Crippen molar-refractivity contribution in [2.24, 2.45) is 0 Å². The first-order valence-corrected chi connectivity index (χ1v) is 6.47. The Labute approximate surface area is 122 Å². The monoisotopic (exact) mass is 278 g/mol. The molecule has 5 heteroatoms. The molecule has 3 aromatic rings. The van der Waals surface area contributed by atoms with Gasteiger partial charge < -0.3 is 10.5 Å². The van der Waals surface area contributed by atoms with Gasteiger partial charge in [0.25, 0.3) is 0 Å². The van der Waals surface area contributed by atoms with Crippen LogP contribution >= 0.6 is 0 Å². The molecule has 0 unspecified atom stereocenters. The number of methoxy groups -OCH3 is 1. The van der Waals surface area contributed by atoms with E-state index in [9.17, 15) is 5.26 Å². The van der Waals surface area contributed by atoms with Gasteiger partial charge in [0.2, 0.25) is 0 Å². The summed E-state index contributed by atoms with van der Waals surface area (Å²) in [5, 5.41) is 9.19. The summed E-state index contributed by atoms with van der Waals surface area (Å²) in [7, 11) is 1.54. The van der Waals surface area contributed by atoms with Gasteiger partial charge in [-0.2, -0.15) is 5.26 Å². The van der Waals surface area contributed by atoms with E-state index in [1.54, 1.807) is 19.2 Å². The van der Waals surface area contributed by atoms with E-state index >= 15 is 0 Å². The maximum Gasteiger partial charge on any atom is 0.139 e. The van der Waals surface area contributed by atoms with E-state index in [4.69, 9.17) is 10.5 Å². The van der Waals surface area contributed by atoms with Gasteiger partial charge in [-0.15, -0.1) is 0 Å². The molecule has 0 radical (unpaired) electrons. The number of nitrogens with zero attached hydrogens (tertiary/aromatic N) is 3. The minimum atomic E-state index is 0.461. The van der Waals surface area contributed by atoms with Gasteiger partial charge in [0.05, 0.1) is 12.7 Å². The lowest BCUT2D eigenvalue weighted by Gasteiger charge is -2.05. The van der Waals surface area contributed by atoms with Crippen molar-refractivity contribution < 1.29 is 4.74 Å². The molecule has 0 saturated carbocycles. The number of nitrogens with two attached hydrogens (primary N) is 1. The summed E-state index contributed by atoms with van der Waals surface area (Å²) in [5.41, 5.74) is 9.95. The highest BCUT2D eigenvalue weighted by Crippen LogP contribution is 2.30. The summed E-state index contributed by atoms with van der Waals surface area (Å²) in [6, 6.07) is 13.3. The molecule has 2 aromatic heterocycles. The molecule has 0 aliphatic heterocycles. The quantitative estimate of drug-likeness (QED) is 0.782. The summed E-state index contributed by atoms with van der Waals surface area (Å²) in [5.74, 6) is 1.11. The predicted molar refractivity (Wildman–Crippen MR) is 81.0 cm³/mol. The Kier molecular flexibility index (Phi) is 2.99. The molecule has 0 aliphatic carbocycles. The molecular formula is C16H14N4O. The van der Waals surface area contributed by atoms with Gasteiger partial charge in [-0.3, -0.25) is 4.40 Å². The SMILES string of the molecule is COc1ccc(-c2nc3cccc(C)n3c2N)cc1C#N. The summed E-state index contributed by atoms with van der Waals surface area (Å²) in [6.45, 7) is 1.98. The smallest absolute Gasteiger partial charge is 0.139 e. The fraction of sp³-hybridized carbons (Fsp3) is 0.125. The number of fused-ring (bicyclic) bond motifs is 1. The van der Waals surface area contributed by atoms with Crippen molar-refractivity contribution in [3.63, 3.8) is 0 Å². The topological polar surface area (TPSA) is 76.3 Å². The molecule has 2 N–H and O–H groups in total. The second-order valence-electron chi connectivity index (χ2n) is 4.73. The lowest BCUT2D eigenvalue weighted by Crippen LogP contribution is -1.97. The fourth-order valence-electron chi connectivity index (χ4n) is 2.44. The van der Waals surface area contributed by atoms with Crippen molar-refractivity contribution >= 4 is 11.5 Å². The van der Waals surface area contributed by atoms with Crippen LogP contribution in [0.4, 0.5) is 5.82 Å². The van der Waals surface area contributed by atoms with E-state index in [-0.39, 0.29) is 0 Å². The molecule has 0 spiro atoms. The molecule has 104 valence electrons. The van der Waals surface area contributed by atoms with E-state index in [1.165, 1.54) is 0 Å². The normalized spacial score (nSPS) is 10.5. The number of nitriles is 1.